The molecule has 0 N–H and O–H groups in total. The first-order valence-electron chi connectivity index (χ1n) is 14.5. The Morgan fingerprint density at radius 2 is 1.00 bits per heavy atom. The van der Waals surface area contributed by atoms with Crippen molar-refractivity contribution in [3.63, 3.8) is 0 Å². The summed E-state index contributed by atoms with van der Waals surface area (Å²) >= 11 is 0. The van der Waals surface area contributed by atoms with Crippen LogP contribution in [-0.4, -0.2) is 19.4 Å². The van der Waals surface area contributed by atoms with E-state index in [2.05, 4.69) is 126 Å². The maximum Gasteiger partial charge on any atom is 0.146 e. The van der Waals surface area contributed by atoms with Gasteiger partial charge in [-0.1, -0.05) is 103 Å². The Kier molecular flexibility index (Phi) is 5.16. The molecular weight excluding hydrogens is 524 g/mol. The fourth-order valence-electron chi connectivity index (χ4n) is 6.24. The van der Waals surface area contributed by atoms with Crippen LogP contribution in [0.15, 0.2) is 146 Å². The Balaban J connectivity index is 1.23. The lowest BCUT2D eigenvalue weighted by Crippen LogP contribution is -1.93. The van der Waals surface area contributed by atoms with E-state index >= 15 is 0 Å². The van der Waals surface area contributed by atoms with Crippen LogP contribution in [0.25, 0.3) is 83.0 Å². The molecule has 0 unspecified atom stereocenters. The minimum atomic E-state index is 0.908. The topological polar surface area (TPSA) is 43.1 Å². The van der Waals surface area contributed by atoms with Gasteiger partial charge in [0.15, 0.2) is 0 Å². The first kappa shape index (κ1) is 23.8. The van der Waals surface area contributed by atoms with E-state index in [1.54, 1.807) is 0 Å². The average molecular weight is 549 g/mol. The first-order valence-corrected chi connectivity index (χ1v) is 14.5. The quantitative estimate of drug-likeness (QED) is 0.206. The molecule has 4 heterocycles. The highest BCUT2D eigenvalue weighted by atomic mass is 15.0. The number of nitrogens with zero attached hydrogens (tertiary/aromatic N) is 4. The molecule has 0 atom stereocenters. The van der Waals surface area contributed by atoms with E-state index in [4.69, 9.17) is 15.0 Å². The minimum absolute atomic E-state index is 0.908. The third kappa shape index (κ3) is 3.81. The zero-order valence-corrected chi connectivity index (χ0v) is 23.1. The van der Waals surface area contributed by atoms with Crippen molar-refractivity contribution in [3.8, 4) is 33.6 Å². The molecule has 43 heavy (non-hydrogen) atoms. The SMILES string of the molecule is c1ccc(-c2ccc3ccc4ccc(-c5cccc(-c6cc7ccccc7n7c6nc6ccccc67)c5)nc4c3n2)cc1. The molecule has 0 radical (unpaired) electrons. The fraction of sp³-hybridized carbons (Fsp3) is 0. The molecule has 0 bridgehead atoms. The van der Waals surface area contributed by atoms with Gasteiger partial charge in [0.25, 0.3) is 0 Å². The molecule has 0 aliphatic rings. The maximum absolute atomic E-state index is 5.21. The van der Waals surface area contributed by atoms with Gasteiger partial charge >= 0.3 is 0 Å². The summed E-state index contributed by atoms with van der Waals surface area (Å²) in [6.45, 7) is 0. The molecule has 0 aliphatic carbocycles. The van der Waals surface area contributed by atoms with Crippen molar-refractivity contribution < 1.29 is 0 Å². The number of pyridine rings is 3. The third-order valence-corrected chi connectivity index (χ3v) is 8.34. The molecule has 0 spiro atoms. The highest BCUT2D eigenvalue weighted by Crippen LogP contribution is 2.35. The second kappa shape index (κ2) is 9.33. The molecule has 0 saturated carbocycles. The second-order valence-electron chi connectivity index (χ2n) is 10.9. The molecule has 4 nitrogen and oxygen atoms in total. The highest BCUT2D eigenvalue weighted by molar-refractivity contribution is 6.04. The van der Waals surface area contributed by atoms with Gasteiger partial charge in [-0.05, 0) is 53.4 Å². The van der Waals surface area contributed by atoms with Gasteiger partial charge < -0.3 is 0 Å². The molecule has 0 fully saturated rings. The first-order chi connectivity index (χ1) is 21.3. The number of para-hydroxylation sites is 3. The van der Waals surface area contributed by atoms with Gasteiger partial charge in [-0.15, -0.1) is 0 Å². The molecule has 200 valence electrons. The molecule has 9 aromatic rings. The average Bonchev–Trinajstić information content (AvgIpc) is 3.48. The number of hydrogen-bond acceptors (Lipinski definition) is 3. The molecule has 0 aliphatic heterocycles. The molecule has 0 saturated heterocycles. The van der Waals surface area contributed by atoms with E-state index in [1.165, 1.54) is 5.39 Å². The lowest BCUT2D eigenvalue weighted by Gasteiger charge is -2.11. The van der Waals surface area contributed by atoms with Gasteiger partial charge in [0.05, 0.1) is 39.0 Å². The van der Waals surface area contributed by atoms with Crippen LogP contribution in [0.3, 0.4) is 0 Å². The Labute approximate surface area is 247 Å². The maximum atomic E-state index is 5.21. The predicted molar refractivity (Wildman–Crippen MR) is 177 cm³/mol. The van der Waals surface area contributed by atoms with Crippen molar-refractivity contribution in [3.05, 3.63) is 146 Å². The van der Waals surface area contributed by atoms with Crippen LogP contribution in [0.1, 0.15) is 0 Å². The molecule has 4 aromatic heterocycles. The summed E-state index contributed by atoms with van der Waals surface area (Å²) < 4.78 is 2.28. The summed E-state index contributed by atoms with van der Waals surface area (Å²) in [5, 5.41) is 3.33. The molecule has 0 amide bonds. The van der Waals surface area contributed by atoms with Gasteiger partial charge in [0.2, 0.25) is 0 Å². The Hall–Kier alpha value is -5.87. The standard InChI is InChI=1S/C39H24N4/c1-2-9-25(10-3-1)32-21-19-26-17-18-27-20-22-33(41-38(27)37(26)40-32)29-13-8-12-28(23-29)31-24-30-11-4-6-15-35(30)43-36-16-7-5-14-34(36)42-39(31)43/h1-24H. The number of imidazole rings is 1. The molecule has 9 rings (SSSR count). The van der Waals surface area contributed by atoms with Gasteiger partial charge in [-0.2, -0.15) is 0 Å². The third-order valence-electron chi connectivity index (χ3n) is 8.34. The number of fused-ring (bicyclic) bond motifs is 8. The summed E-state index contributed by atoms with van der Waals surface area (Å²) in [5.41, 5.74) is 12.2. The van der Waals surface area contributed by atoms with E-state index < -0.39 is 0 Å². The Morgan fingerprint density at radius 3 is 1.79 bits per heavy atom. The van der Waals surface area contributed by atoms with Gasteiger partial charge in [-0.3, -0.25) is 4.40 Å². The number of aromatic nitrogens is 4. The van der Waals surface area contributed by atoms with E-state index in [-0.39, 0.29) is 0 Å². The van der Waals surface area contributed by atoms with Crippen molar-refractivity contribution in [1.82, 2.24) is 19.4 Å². The van der Waals surface area contributed by atoms with Crippen molar-refractivity contribution in [2.75, 3.05) is 0 Å². The monoisotopic (exact) mass is 548 g/mol. The number of hydrogen-bond donors (Lipinski definition) is 0. The van der Waals surface area contributed by atoms with Crippen molar-refractivity contribution in [2.24, 2.45) is 0 Å². The summed E-state index contributed by atoms with van der Waals surface area (Å²) in [6, 6.07) is 50.8. The van der Waals surface area contributed by atoms with Crippen LogP contribution in [0.5, 0.6) is 0 Å². The number of benzene rings is 5. The minimum Gasteiger partial charge on any atom is -0.292 e. The molecule has 5 aromatic carbocycles. The van der Waals surface area contributed by atoms with Crippen LogP contribution >= 0.6 is 0 Å². The summed E-state index contributed by atoms with van der Waals surface area (Å²) in [4.78, 5) is 15.4. The summed E-state index contributed by atoms with van der Waals surface area (Å²) in [7, 11) is 0. The van der Waals surface area contributed by atoms with Gasteiger partial charge in [0.1, 0.15) is 5.65 Å². The lowest BCUT2D eigenvalue weighted by atomic mass is 10.00. The van der Waals surface area contributed by atoms with Gasteiger partial charge in [0, 0.05) is 27.5 Å². The number of rotatable bonds is 3. The van der Waals surface area contributed by atoms with Crippen molar-refractivity contribution >= 4 is 49.4 Å². The molecule has 4 heteroatoms. The smallest absolute Gasteiger partial charge is 0.146 e. The zero-order chi connectivity index (χ0) is 28.3. The normalized spacial score (nSPS) is 11.7. The van der Waals surface area contributed by atoms with E-state index in [1.807, 2.05) is 24.3 Å². The van der Waals surface area contributed by atoms with E-state index in [9.17, 15) is 0 Å². The Bertz CT molecular complexity index is 2510. The predicted octanol–water partition coefficient (Wildman–Crippen LogP) is 9.74. The zero-order valence-electron chi connectivity index (χ0n) is 23.1. The lowest BCUT2D eigenvalue weighted by molar-refractivity contribution is 1.30. The Morgan fingerprint density at radius 1 is 0.395 bits per heavy atom. The van der Waals surface area contributed by atoms with Crippen LogP contribution in [-0.2, 0) is 0 Å². The molecular formula is C39H24N4. The van der Waals surface area contributed by atoms with Crippen LogP contribution < -0.4 is 0 Å². The van der Waals surface area contributed by atoms with Crippen LogP contribution in [0.2, 0.25) is 0 Å². The summed E-state index contributed by atoms with van der Waals surface area (Å²) in [6.07, 6.45) is 0. The van der Waals surface area contributed by atoms with Crippen molar-refractivity contribution in [1.29, 1.82) is 0 Å². The second-order valence-corrected chi connectivity index (χ2v) is 10.9. The fourth-order valence-corrected chi connectivity index (χ4v) is 6.24. The summed E-state index contributed by atoms with van der Waals surface area (Å²) in [5.74, 6) is 0. The van der Waals surface area contributed by atoms with Crippen molar-refractivity contribution in [2.45, 2.75) is 0 Å². The highest BCUT2D eigenvalue weighted by Gasteiger charge is 2.15. The van der Waals surface area contributed by atoms with Gasteiger partial charge in [-0.25, -0.2) is 15.0 Å². The van der Waals surface area contributed by atoms with Crippen LogP contribution in [0, 0.1) is 0 Å². The van der Waals surface area contributed by atoms with E-state index in [0.29, 0.717) is 0 Å². The van der Waals surface area contributed by atoms with Crippen LogP contribution in [0.4, 0.5) is 0 Å². The van der Waals surface area contributed by atoms with E-state index in [0.717, 1.165) is 77.6 Å². The largest absolute Gasteiger partial charge is 0.292 e.